The zero-order valence-electron chi connectivity index (χ0n) is 13.9. The molecule has 5 nitrogen and oxygen atoms in total. The second-order valence-electron chi connectivity index (χ2n) is 6.29. The van der Waals surface area contributed by atoms with Crippen molar-refractivity contribution in [3.8, 4) is 0 Å². The predicted molar refractivity (Wildman–Crippen MR) is 107 cm³/mol. The average Bonchev–Trinajstić information content (AvgIpc) is 2.64. The van der Waals surface area contributed by atoms with E-state index >= 15 is 0 Å². The maximum Gasteiger partial charge on any atom is 0.227 e. The summed E-state index contributed by atoms with van der Waals surface area (Å²) >= 11 is 3.54. The lowest BCUT2D eigenvalue weighted by Crippen LogP contribution is -2.31. The lowest BCUT2D eigenvalue weighted by atomic mass is 10.1. The molecule has 1 fully saturated rings. The van der Waals surface area contributed by atoms with Crippen LogP contribution in [0.1, 0.15) is 19.3 Å². The van der Waals surface area contributed by atoms with Crippen LogP contribution in [-0.2, 0) is 0 Å². The molecule has 2 heterocycles. The molecule has 0 radical (unpaired) electrons. The van der Waals surface area contributed by atoms with E-state index < -0.39 is 0 Å². The minimum absolute atomic E-state index is 0.698. The maximum absolute atomic E-state index is 6.10. The monoisotopic (exact) mass is 397 g/mol. The summed E-state index contributed by atoms with van der Waals surface area (Å²) in [6.07, 6.45) is 3.66. The van der Waals surface area contributed by atoms with Crippen molar-refractivity contribution in [2.75, 3.05) is 29.0 Å². The molecule has 3 aromatic rings. The van der Waals surface area contributed by atoms with Gasteiger partial charge in [-0.3, -0.25) is 0 Å². The number of hydrogen-bond acceptors (Lipinski definition) is 5. The fourth-order valence-corrected chi connectivity index (χ4v) is 3.52. The smallest absolute Gasteiger partial charge is 0.227 e. The van der Waals surface area contributed by atoms with E-state index in [4.69, 9.17) is 15.7 Å². The minimum atomic E-state index is 0.698. The maximum atomic E-state index is 6.10. The van der Waals surface area contributed by atoms with Crippen molar-refractivity contribution in [3.05, 3.63) is 46.9 Å². The van der Waals surface area contributed by atoms with Gasteiger partial charge in [0, 0.05) is 22.9 Å². The molecule has 1 aromatic heterocycles. The Morgan fingerprint density at radius 2 is 1.80 bits per heavy atom. The van der Waals surface area contributed by atoms with Crippen molar-refractivity contribution in [2.24, 2.45) is 0 Å². The lowest BCUT2D eigenvalue weighted by Gasteiger charge is -2.27. The second-order valence-corrected chi connectivity index (χ2v) is 7.21. The number of fused-ring (bicyclic) bond motifs is 1. The fraction of sp³-hybridized carbons (Fsp3) is 0.263. The first kappa shape index (κ1) is 16.1. The third-order valence-electron chi connectivity index (χ3n) is 4.50. The van der Waals surface area contributed by atoms with E-state index in [9.17, 15) is 0 Å². The third-order valence-corrected chi connectivity index (χ3v) is 4.99. The molecular formula is C19H20BrN5. The normalized spacial score (nSPS) is 14.7. The molecule has 4 rings (SSSR count). The summed E-state index contributed by atoms with van der Waals surface area (Å²) < 4.78 is 0.999. The Hall–Kier alpha value is -2.34. The van der Waals surface area contributed by atoms with Crippen LogP contribution in [-0.4, -0.2) is 23.1 Å². The van der Waals surface area contributed by atoms with Crippen molar-refractivity contribution in [3.63, 3.8) is 0 Å². The highest BCUT2D eigenvalue weighted by Gasteiger charge is 2.17. The summed E-state index contributed by atoms with van der Waals surface area (Å²) in [5.41, 5.74) is 8.58. The van der Waals surface area contributed by atoms with Crippen LogP contribution in [0.2, 0.25) is 0 Å². The van der Waals surface area contributed by atoms with Crippen molar-refractivity contribution in [1.82, 2.24) is 9.97 Å². The van der Waals surface area contributed by atoms with Gasteiger partial charge in [-0.1, -0.05) is 28.1 Å². The molecule has 1 aliphatic rings. The number of aromatic nitrogens is 2. The van der Waals surface area contributed by atoms with Crippen molar-refractivity contribution < 1.29 is 0 Å². The van der Waals surface area contributed by atoms with E-state index in [1.54, 1.807) is 0 Å². The standard InChI is InChI=1S/C19H20BrN5/c20-13-8-9-16-14(12-13)18(22-17-7-3-2-6-15(17)21)24-19(23-16)25-10-4-1-5-11-25/h2-3,6-9,12H,1,4-5,10-11,21H2,(H,22,23,24). The number of nitrogen functional groups attached to an aromatic ring is 1. The minimum Gasteiger partial charge on any atom is -0.397 e. The summed E-state index contributed by atoms with van der Waals surface area (Å²) in [6, 6.07) is 13.8. The fourth-order valence-electron chi connectivity index (χ4n) is 3.16. The highest BCUT2D eigenvalue weighted by molar-refractivity contribution is 9.10. The van der Waals surface area contributed by atoms with Gasteiger partial charge >= 0.3 is 0 Å². The van der Waals surface area contributed by atoms with E-state index in [2.05, 4.69) is 26.1 Å². The van der Waals surface area contributed by atoms with Crippen molar-refractivity contribution >= 4 is 50.0 Å². The highest BCUT2D eigenvalue weighted by Crippen LogP contribution is 2.31. The Balaban J connectivity index is 1.81. The van der Waals surface area contributed by atoms with Crippen LogP contribution in [0.5, 0.6) is 0 Å². The highest BCUT2D eigenvalue weighted by atomic mass is 79.9. The number of hydrogen-bond donors (Lipinski definition) is 2. The van der Waals surface area contributed by atoms with Gasteiger partial charge in [0.2, 0.25) is 5.95 Å². The molecule has 1 saturated heterocycles. The Kier molecular flexibility index (Phi) is 4.44. The lowest BCUT2D eigenvalue weighted by molar-refractivity contribution is 0.569. The number of nitrogens with one attached hydrogen (secondary N) is 1. The van der Waals surface area contributed by atoms with Gasteiger partial charge in [0.1, 0.15) is 5.82 Å². The van der Waals surface area contributed by atoms with Gasteiger partial charge in [-0.15, -0.1) is 0 Å². The zero-order valence-corrected chi connectivity index (χ0v) is 15.5. The first-order valence-electron chi connectivity index (χ1n) is 8.54. The van der Waals surface area contributed by atoms with Crippen LogP contribution in [0.15, 0.2) is 46.9 Å². The van der Waals surface area contributed by atoms with Gasteiger partial charge < -0.3 is 16.0 Å². The van der Waals surface area contributed by atoms with Gasteiger partial charge in [0.25, 0.3) is 0 Å². The van der Waals surface area contributed by atoms with Crippen LogP contribution in [0.4, 0.5) is 23.1 Å². The first-order chi connectivity index (χ1) is 12.2. The molecule has 1 aliphatic heterocycles. The van der Waals surface area contributed by atoms with Gasteiger partial charge in [-0.2, -0.15) is 4.98 Å². The molecule has 25 heavy (non-hydrogen) atoms. The number of anilines is 4. The van der Waals surface area contributed by atoms with Gasteiger partial charge in [-0.25, -0.2) is 4.98 Å². The Bertz CT molecular complexity index is 905. The number of nitrogens with two attached hydrogens (primary N) is 1. The average molecular weight is 398 g/mol. The molecule has 2 aromatic carbocycles. The van der Waals surface area contributed by atoms with E-state index in [1.807, 2.05) is 42.5 Å². The molecule has 0 unspecified atom stereocenters. The summed E-state index contributed by atoms with van der Waals surface area (Å²) in [5, 5.41) is 4.37. The quantitative estimate of drug-likeness (QED) is 0.626. The number of halogens is 1. The van der Waals surface area contributed by atoms with Gasteiger partial charge in [0.05, 0.1) is 16.9 Å². The molecule has 128 valence electrons. The summed E-state index contributed by atoms with van der Waals surface area (Å²) in [5.74, 6) is 1.57. The van der Waals surface area contributed by atoms with Crippen LogP contribution in [0.3, 0.4) is 0 Å². The summed E-state index contributed by atoms with van der Waals surface area (Å²) in [7, 11) is 0. The predicted octanol–water partition coefficient (Wildman–Crippen LogP) is 4.71. The van der Waals surface area contributed by atoms with Crippen LogP contribution in [0.25, 0.3) is 10.9 Å². The largest absolute Gasteiger partial charge is 0.397 e. The molecule has 0 aliphatic carbocycles. The molecular weight excluding hydrogens is 378 g/mol. The number of benzene rings is 2. The second kappa shape index (κ2) is 6.88. The van der Waals surface area contributed by atoms with Crippen LogP contribution in [0, 0.1) is 0 Å². The van der Waals surface area contributed by atoms with Gasteiger partial charge in [0.15, 0.2) is 0 Å². The number of para-hydroxylation sites is 2. The number of nitrogens with zero attached hydrogens (tertiary/aromatic N) is 3. The molecule has 6 heteroatoms. The summed E-state index contributed by atoms with van der Waals surface area (Å²) in [4.78, 5) is 11.9. The van der Waals surface area contributed by atoms with E-state index in [0.717, 1.165) is 45.9 Å². The summed E-state index contributed by atoms with van der Waals surface area (Å²) in [6.45, 7) is 2.02. The van der Waals surface area contributed by atoms with E-state index in [1.165, 1.54) is 19.3 Å². The molecule has 0 spiro atoms. The topological polar surface area (TPSA) is 67.1 Å². The number of rotatable bonds is 3. The zero-order chi connectivity index (χ0) is 17.2. The molecule has 0 bridgehead atoms. The first-order valence-corrected chi connectivity index (χ1v) is 9.34. The Labute approximate surface area is 155 Å². The molecule has 0 amide bonds. The molecule has 3 N–H and O–H groups in total. The molecule has 0 saturated carbocycles. The number of piperidine rings is 1. The van der Waals surface area contributed by atoms with Crippen molar-refractivity contribution in [2.45, 2.75) is 19.3 Å². The SMILES string of the molecule is Nc1ccccc1Nc1nc(N2CCCCC2)nc2ccc(Br)cc12. The van der Waals surface area contributed by atoms with Crippen LogP contribution >= 0.6 is 15.9 Å². The van der Waals surface area contributed by atoms with Crippen molar-refractivity contribution in [1.29, 1.82) is 0 Å². The van der Waals surface area contributed by atoms with Crippen LogP contribution < -0.4 is 16.0 Å². The Morgan fingerprint density at radius 1 is 1.00 bits per heavy atom. The third kappa shape index (κ3) is 3.39. The van der Waals surface area contributed by atoms with E-state index in [0.29, 0.717) is 5.69 Å². The van der Waals surface area contributed by atoms with E-state index in [-0.39, 0.29) is 0 Å². The van der Waals surface area contributed by atoms with Gasteiger partial charge in [-0.05, 0) is 49.6 Å². The Morgan fingerprint density at radius 3 is 2.60 bits per heavy atom. The molecule has 0 atom stereocenters.